The third-order valence-corrected chi connectivity index (χ3v) is 6.57. The average Bonchev–Trinajstić information content (AvgIpc) is 2.83. The summed E-state index contributed by atoms with van der Waals surface area (Å²) in [5.41, 5.74) is 0.607. The van der Waals surface area contributed by atoms with Crippen LogP contribution in [0.2, 0.25) is 0 Å². The van der Waals surface area contributed by atoms with Gasteiger partial charge in [-0.1, -0.05) is 34.1 Å². The van der Waals surface area contributed by atoms with E-state index in [4.69, 9.17) is 14.2 Å². The summed E-state index contributed by atoms with van der Waals surface area (Å²) >= 11 is 3.42. The van der Waals surface area contributed by atoms with Gasteiger partial charge in [0.15, 0.2) is 0 Å². The fraction of sp³-hybridized carbons (Fsp3) is 0.500. The fourth-order valence-corrected chi connectivity index (χ4v) is 4.65. The van der Waals surface area contributed by atoms with Crippen molar-refractivity contribution in [2.75, 3.05) is 25.6 Å². The number of piperidine rings is 1. The number of hydrogen-bond acceptors (Lipinski definition) is 6. The standard InChI is InChI=1S/C28H36BrNO6/c1-28(2,3)36-27(33)30-15-13-19(31)17-25(30)22-11-12-23(26(32)34-4)21-10-9-20(18-24(21)22)35-16-8-6-5-7-14-29/h6,8-12,18-19,25,31H,5,7,13-17H2,1-4H3/t19-,25-/m0/s1. The second kappa shape index (κ2) is 12.6. The second-order valence-corrected chi connectivity index (χ2v) is 10.7. The Bertz CT molecular complexity index is 1090. The third-order valence-electron chi connectivity index (χ3n) is 6.01. The van der Waals surface area contributed by atoms with Crippen LogP contribution in [-0.2, 0) is 9.47 Å². The largest absolute Gasteiger partial charge is 0.490 e. The molecule has 0 spiro atoms. The molecule has 1 saturated heterocycles. The minimum absolute atomic E-state index is 0.368. The lowest BCUT2D eigenvalue weighted by Gasteiger charge is -2.39. The molecule has 7 nitrogen and oxygen atoms in total. The van der Waals surface area contributed by atoms with Crippen LogP contribution in [0.3, 0.4) is 0 Å². The Labute approximate surface area is 221 Å². The van der Waals surface area contributed by atoms with Crippen LogP contribution in [0.4, 0.5) is 4.79 Å². The van der Waals surface area contributed by atoms with Gasteiger partial charge in [-0.15, -0.1) is 0 Å². The van der Waals surface area contributed by atoms with Crippen molar-refractivity contribution in [2.45, 2.75) is 64.2 Å². The number of unbranched alkanes of at least 4 members (excludes halogenated alkanes) is 1. The molecule has 196 valence electrons. The monoisotopic (exact) mass is 561 g/mol. The van der Waals surface area contributed by atoms with Gasteiger partial charge in [-0.05, 0) is 87.1 Å². The highest BCUT2D eigenvalue weighted by Crippen LogP contribution is 2.38. The van der Waals surface area contributed by atoms with Crippen LogP contribution in [-0.4, -0.2) is 59.4 Å². The van der Waals surface area contributed by atoms with Crippen molar-refractivity contribution in [1.82, 2.24) is 4.90 Å². The normalized spacial score (nSPS) is 18.4. The predicted molar refractivity (Wildman–Crippen MR) is 144 cm³/mol. The molecule has 2 aromatic carbocycles. The molecule has 1 fully saturated rings. The van der Waals surface area contributed by atoms with E-state index in [0.717, 1.165) is 29.1 Å². The smallest absolute Gasteiger partial charge is 0.410 e. The molecule has 36 heavy (non-hydrogen) atoms. The maximum atomic E-state index is 13.1. The van der Waals surface area contributed by atoms with Gasteiger partial charge in [-0.25, -0.2) is 9.59 Å². The molecule has 0 aliphatic carbocycles. The highest BCUT2D eigenvalue weighted by molar-refractivity contribution is 9.09. The highest BCUT2D eigenvalue weighted by atomic mass is 79.9. The summed E-state index contributed by atoms with van der Waals surface area (Å²) in [6, 6.07) is 8.68. The van der Waals surface area contributed by atoms with Crippen LogP contribution in [0, 0.1) is 0 Å². The summed E-state index contributed by atoms with van der Waals surface area (Å²) in [6.45, 7) is 6.29. The van der Waals surface area contributed by atoms with Gasteiger partial charge in [0.25, 0.3) is 0 Å². The molecule has 1 aliphatic rings. The lowest BCUT2D eigenvalue weighted by atomic mass is 9.88. The number of aliphatic hydroxyl groups is 1. The first-order valence-corrected chi connectivity index (χ1v) is 13.4. The van der Waals surface area contributed by atoms with E-state index in [1.165, 1.54) is 7.11 Å². The Morgan fingerprint density at radius 3 is 2.64 bits per heavy atom. The van der Waals surface area contributed by atoms with E-state index in [1.807, 2.05) is 51.1 Å². The van der Waals surface area contributed by atoms with Crippen LogP contribution in [0.15, 0.2) is 42.5 Å². The van der Waals surface area contributed by atoms with E-state index in [9.17, 15) is 14.7 Å². The van der Waals surface area contributed by atoms with Gasteiger partial charge in [0.05, 0.1) is 24.8 Å². The van der Waals surface area contributed by atoms with Crippen LogP contribution < -0.4 is 4.74 Å². The van der Waals surface area contributed by atoms with Gasteiger partial charge < -0.3 is 24.2 Å². The number of rotatable bonds is 8. The number of amides is 1. The zero-order valence-corrected chi connectivity index (χ0v) is 23.0. The maximum absolute atomic E-state index is 13.1. The number of hydrogen-bond donors (Lipinski definition) is 1. The molecule has 8 heteroatoms. The molecule has 3 rings (SSSR count). The molecule has 1 N–H and O–H groups in total. The number of alkyl halides is 1. The number of carbonyl (C=O) groups is 2. The minimum Gasteiger partial charge on any atom is -0.490 e. The van der Waals surface area contributed by atoms with Gasteiger partial charge in [0, 0.05) is 11.9 Å². The Morgan fingerprint density at radius 1 is 1.17 bits per heavy atom. The van der Waals surface area contributed by atoms with Gasteiger partial charge in [0.1, 0.15) is 18.0 Å². The predicted octanol–water partition coefficient (Wildman–Crippen LogP) is 6.17. The molecule has 1 heterocycles. The number of methoxy groups -OCH3 is 1. The van der Waals surface area contributed by atoms with E-state index in [2.05, 4.69) is 22.0 Å². The summed E-state index contributed by atoms with van der Waals surface area (Å²) in [6.07, 6.45) is 5.98. The number of fused-ring (bicyclic) bond motifs is 1. The van der Waals surface area contributed by atoms with Crippen LogP contribution in [0.25, 0.3) is 10.8 Å². The molecule has 2 atom stereocenters. The van der Waals surface area contributed by atoms with Gasteiger partial charge >= 0.3 is 12.1 Å². The molecular formula is C28H36BrNO6. The van der Waals surface area contributed by atoms with E-state index in [-0.39, 0.29) is 0 Å². The lowest BCUT2D eigenvalue weighted by Crippen LogP contribution is -2.45. The number of carbonyl (C=O) groups excluding carboxylic acids is 2. The number of likely N-dealkylation sites (tertiary alicyclic amines) is 1. The molecular weight excluding hydrogens is 526 g/mol. The molecule has 0 bridgehead atoms. The Balaban J connectivity index is 2.01. The first kappa shape index (κ1) is 28.0. The maximum Gasteiger partial charge on any atom is 0.410 e. The summed E-state index contributed by atoms with van der Waals surface area (Å²) in [5.74, 6) is 0.207. The summed E-state index contributed by atoms with van der Waals surface area (Å²) < 4.78 is 16.6. The van der Waals surface area contributed by atoms with Crippen LogP contribution in [0.1, 0.15) is 68.4 Å². The second-order valence-electron chi connectivity index (χ2n) is 9.88. The number of benzene rings is 2. The highest BCUT2D eigenvalue weighted by Gasteiger charge is 2.35. The zero-order chi connectivity index (χ0) is 26.3. The third kappa shape index (κ3) is 7.23. The lowest BCUT2D eigenvalue weighted by molar-refractivity contribution is -0.00820. The molecule has 0 aromatic heterocycles. The van der Waals surface area contributed by atoms with Crippen LogP contribution >= 0.6 is 15.9 Å². The van der Waals surface area contributed by atoms with Crippen LogP contribution in [0.5, 0.6) is 5.75 Å². The van der Waals surface area contributed by atoms with Crippen molar-refractivity contribution >= 4 is 38.8 Å². The molecule has 1 aliphatic heterocycles. The Hall–Kier alpha value is -2.58. The van der Waals surface area contributed by atoms with Crippen molar-refractivity contribution in [3.8, 4) is 5.75 Å². The van der Waals surface area contributed by atoms with Gasteiger partial charge in [-0.3, -0.25) is 0 Å². The number of nitrogens with zero attached hydrogens (tertiary/aromatic N) is 1. The quantitative estimate of drug-likeness (QED) is 0.179. The molecule has 0 radical (unpaired) electrons. The summed E-state index contributed by atoms with van der Waals surface area (Å²) in [4.78, 5) is 27.3. The van der Waals surface area contributed by atoms with Crippen molar-refractivity contribution in [3.63, 3.8) is 0 Å². The van der Waals surface area contributed by atoms with Crippen molar-refractivity contribution in [1.29, 1.82) is 0 Å². The van der Waals surface area contributed by atoms with Crippen molar-refractivity contribution in [2.24, 2.45) is 0 Å². The van der Waals surface area contributed by atoms with Gasteiger partial charge in [0.2, 0.25) is 0 Å². The topological polar surface area (TPSA) is 85.3 Å². The van der Waals surface area contributed by atoms with E-state index >= 15 is 0 Å². The summed E-state index contributed by atoms with van der Waals surface area (Å²) in [5, 5.41) is 12.9. The molecule has 1 amide bonds. The summed E-state index contributed by atoms with van der Waals surface area (Å²) in [7, 11) is 1.35. The molecule has 0 saturated carbocycles. The fourth-order valence-electron chi connectivity index (χ4n) is 4.32. The Kier molecular flexibility index (Phi) is 9.79. The number of ether oxygens (including phenoxy) is 3. The van der Waals surface area contributed by atoms with Gasteiger partial charge in [-0.2, -0.15) is 0 Å². The SMILES string of the molecule is COC(=O)c1ccc([C@@H]2C[C@@H](O)CCN2C(=O)OC(C)(C)C)c2cc(OCC=CCCCBr)ccc12. The molecule has 2 aromatic rings. The number of aliphatic hydroxyl groups excluding tert-OH is 1. The van der Waals surface area contributed by atoms with E-state index in [0.29, 0.717) is 42.7 Å². The number of allylic oxidation sites excluding steroid dienone is 1. The minimum atomic E-state index is -0.641. The van der Waals surface area contributed by atoms with Crippen molar-refractivity contribution < 1.29 is 28.9 Å². The first-order valence-electron chi connectivity index (χ1n) is 12.3. The Morgan fingerprint density at radius 2 is 1.94 bits per heavy atom. The van der Waals surface area contributed by atoms with E-state index in [1.54, 1.807) is 11.0 Å². The van der Waals surface area contributed by atoms with E-state index < -0.39 is 29.8 Å². The zero-order valence-electron chi connectivity index (χ0n) is 21.5. The average molecular weight is 563 g/mol. The van der Waals surface area contributed by atoms with Crippen molar-refractivity contribution in [3.05, 3.63) is 53.6 Å². The first-order chi connectivity index (χ1) is 17.1. The number of halogens is 1. The number of esters is 1. The molecule has 0 unspecified atom stereocenters.